The molecule has 0 amide bonds. The lowest BCUT2D eigenvalue weighted by atomic mass is 9.75. The van der Waals surface area contributed by atoms with Crippen LogP contribution in [0.5, 0.6) is 0 Å². The molecule has 0 unspecified atom stereocenters. The minimum Gasteiger partial charge on any atom is -0.393 e. The summed E-state index contributed by atoms with van der Waals surface area (Å²) in [5.41, 5.74) is 1.14. The van der Waals surface area contributed by atoms with Crippen LogP contribution in [0.3, 0.4) is 0 Å². The van der Waals surface area contributed by atoms with E-state index >= 15 is 0 Å². The Labute approximate surface area is 114 Å². The normalized spacial score (nSPS) is 34.8. The minimum absolute atomic E-state index is 0.0838. The highest BCUT2D eigenvalue weighted by atomic mass is 19.1. The first kappa shape index (κ1) is 13.1. The number of hydrogen-bond donors (Lipinski definition) is 2. The van der Waals surface area contributed by atoms with Gasteiger partial charge in [0.1, 0.15) is 5.82 Å². The summed E-state index contributed by atoms with van der Waals surface area (Å²) in [5.74, 6) is 0.387. The Balaban J connectivity index is 1.45. The lowest BCUT2D eigenvalue weighted by molar-refractivity contribution is 0.108. The summed E-state index contributed by atoms with van der Waals surface area (Å²) in [5, 5.41) is 13.2. The van der Waals surface area contributed by atoms with Gasteiger partial charge in [-0.2, -0.15) is 0 Å². The molecule has 19 heavy (non-hydrogen) atoms. The first-order valence-electron chi connectivity index (χ1n) is 7.40. The second-order valence-corrected chi connectivity index (χ2v) is 6.09. The van der Waals surface area contributed by atoms with E-state index in [-0.39, 0.29) is 11.9 Å². The molecular formula is C16H22FNO. The van der Waals surface area contributed by atoms with Gasteiger partial charge < -0.3 is 10.4 Å². The summed E-state index contributed by atoms with van der Waals surface area (Å²) < 4.78 is 13.2. The van der Waals surface area contributed by atoms with Crippen molar-refractivity contribution in [2.75, 3.05) is 0 Å². The number of benzene rings is 1. The molecule has 104 valence electrons. The lowest BCUT2D eigenvalue weighted by Crippen LogP contribution is -2.47. The number of aliphatic hydroxyl groups is 1. The monoisotopic (exact) mass is 263 g/mol. The molecular weight excluding hydrogens is 241 g/mol. The highest BCUT2D eigenvalue weighted by Gasteiger charge is 2.32. The summed E-state index contributed by atoms with van der Waals surface area (Å²) in [6.07, 6.45) is 6.17. The van der Waals surface area contributed by atoms with Crippen molar-refractivity contribution >= 4 is 0 Å². The Bertz CT molecular complexity index is 423. The zero-order valence-corrected chi connectivity index (χ0v) is 11.2. The fourth-order valence-corrected chi connectivity index (χ4v) is 3.36. The molecule has 2 N–H and O–H groups in total. The number of aliphatic hydroxyl groups excluding tert-OH is 1. The van der Waals surface area contributed by atoms with Crippen molar-refractivity contribution in [1.29, 1.82) is 0 Å². The highest BCUT2D eigenvalue weighted by molar-refractivity contribution is 5.23. The second-order valence-electron chi connectivity index (χ2n) is 6.09. The molecule has 3 heteroatoms. The first-order chi connectivity index (χ1) is 9.20. The Morgan fingerprint density at radius 3 is 2.47 bits per heavy atom. The Morgan fingerprint density at radius 2 is 1.79 bits per heavy atom. The fraction of sp³-hybridized carbons (Fsp3) is 0.625. The third-order valence-electron chi connectivity index (χ3n) is 4.63. The molecule has 1 aromatic rings. The maximum Gasteiger partial charge on any atom is 0.123 e. The third-order valence-corrected chi connectivity index (χ3v) is 4.63. The molecule has 0 aromatic heterocycles. The van der Waals surface area contributed by atoms with Gasteiger partial charge in [0.25, 0.3) is 0 Å². The van der Waals surface area contributed by atoms with Crippen LogP contribution in [0.2, 0.25) is 0 Å². The van der Waals surface area contributed by atoms with Crippen LogP contribution in [0.1, 0.15) is 50.0 Å². The Kier molecular flexibility index (Phi) is 3.85. The Morgan fingerprint density at radius 1 is 1.05 bits per heavy atom. The number of nitrogens with one attached hydrogen (secondary N) is 1. The fourth-order valence-electron chi connectivity index (χ4n) is 3.36. The summed E-state index contributed by atoms with van der Waals surface area (Å²) in [6, 6.07) is 8.15. The van der Waals surface area contributed by atoms with Crippen molar-refractivity contribution in [2.45, 2.75) is 62.6 Å². The van der Waals surface area contributed by atoms with Crippen LogP contribution in [-0.2, 0) is 0 Å². The van der Waals surface area contributed by atoms with Crippen molar-refractivity contribution in [3.05, 3.63) is 35.6 Å². The molecule has 2 nitrogen and oxygen atoms in total. The van der Waals surface area contributed by atoms with Gasteiger partial charge in [-0.05, 0) is 62.1 Å². The van der Waals surface area contributed by atoms with Gasteiger partial charge in [0.05, 0.1) is 6.10 Å². The average molecular weight is 263 g/mol. The average Bonchev–Trinajstić information content (AvgIpc) is 2.35. The van der Waals surface area contributed by atoms with Crippen molar-refractivity contribution in [1.82, 2.24) is 5.32 Å². The largest absolute Gasteiger partial charge is 0.393 e. The van der Waals surface area contributed by atoms with Crippen LogP contribution >= 0.6 is 0 Å². The van der Waals surface area contributed by atoms with Crippen molar-refractivity contribution in [2.24, 2.45) is 0 Å². The predicted octanol–water partition coefficient (Wildman–Crippen LogP) is 2.96. The molecule has 0 spiro atoms. The first-order valence-corrected chi connectivity index (χ1v) is 7.40. The van der Waals surface area contributed by atoms with E-state index in [0.29, 0.717) is 18.0 Å². The Hall–Kier alpha value is -0.930. The van der Waals surface area contributed by atoms with E-state index in [2.05, 4.69) is 5.32 Å². The lowest BCUT2D eigenvalue weighted by Gasteiger charge is -2.40. The number of hydrogen-bond acceptors (Lipinski definition) is 2. The summed E-state index contributed by atoms with van der Waals surface area (Å²) in [7, 11) is 0. The molecule has 1 aromatic carbocycles. The summed E-state index contributed by atoms with van der Waals surface area (Å²) >= 11 is 0. The predicted molar refractivity (Wildman–Crippen MR) is 73.6 cm³/mol. The molecule has 2 fully saturated rings. The maximum absolute atomic E-state index is 13.2. The van der Waals surface area contributed by atoms with E-state index < -0.39 is 0 Å². The van der Waals surface area contributed by atoms with Gasteiger partial charge in [0.15, 0.2) is 0 Å². The van der Waals surface area contributed by atoms with Gasteiger partial charge in [-0.15, -0.1) is 0 Å². The van der Waals surface area contributed by atoms with E-state index in [1.165, 1.54) is 6.07 Å². The van der Waals surface area contributed by atoms with Gasteiger partial charge in [-0.25, -0.2) is 4.39 Å². The van der Waals surface area contributed by atoms with Crippen LogP contribution < -0.4 is 5.32 Å². The standard InChI is InChI=1S/C16H22FNO/c17-13-3-1-2-11(8-13)12-9-15(10-12)18-14-4-6-16(19)7-5-14/h1-3,8,12,14-16,18-19H,4-7,9-10H2. The minimum atomic E-state index is -0.129. The molecule has 3 rings (SSSR count). The molecule has 0 heterocycles. The molecule has 0 radical (unpaired) electrons. The molecule has 0 bridgehead atoms. The van der Waals surface area contributed by atoms with Crippen LogP contribution in [-0.4, -0.2) is 23.3 Å². The molecule has 0 aliphatic heterocycles. The van der Waals surface area contributed by atoms with Crippen molar-refractivity contribution in [3.8, 4) is 0 Å². The molecule has 2 aliphatic rings. The van der Waals surface area contributed by atoms with Crippen LogP contribution in [0.25, 0.3) is 0 Å². The van der Waals surface area contributed by atoms with Crippen molar-refractivity contribution in [3.63, 3.8) is 0 Å². The third kappa shape index (κ3) is 3.15. The smallest absolute Gasteiger partial charge is 0.123 e. The zero-order valence-electron chi connectivity index (χ0n) is 11.2. The van der Waals surface area contributed by atoms with Crippen LogP contribution in [0.4, 0.5) is 4.39 Å². The van der Waals surface area contributed by atoms with Crippen molar-refractivity contribution < 1.29 is 9.50 Å². The number of halogens is 1. The van der Waals surface area contributed by atoms with E-state index in [0.717, 1.165) is 44.1 Å². The molecule has 2 saturated carbocycles. The quantitative estimate of drug-likeness (QED) is 0.878. The SMILES string of the molecule is OC1CCC(NC2CC(c3cccc(F)c3)C2)CC1. The zero-order chi connectivity index (χ0) is 13.2. The van der Waals surface area contributed by atoms with E-state index in [9.17, 15) is 9.50 Å². The highest BCUT2D eigenvalue weighted by Crippen LogP contribution is 2.37. The van der Waals surface area contributed by atoms with E-state index in [1.807, 2.05) is 6.07 Å². The van der Waals surface area contributed by atoms with Gasteiger partial charge in [0, 0.05) is 12.1 Å². The maximum atomic E-state index is 13.2. The summed E-state index contributed by atoms with van der Waals surface area (Å²) in [4.78, 5) is 0. The van der Waals surface area contributed by atoms with Crippen LogP contribution in [0, 0.1) is 5.82 Å². The topological polar surface area (TPSA) is 32.3 Å². The number of rotatable bonds is 3. The van der Waals surface area contributed by atoms with Gasteiger partial charge >= 0.3 is 0 Å². The second kappa shape index (κ2) is 5.59. The van der Waals surface area contributed by atoms with Gasteiger partial charge in [0.2, 0.25) is 0 Å². The molecule has 2 aliphatic carbocycles. The van der Waals surface area contributed by atoms with Gasteiger partial charge in [-0.3, -0.25) is 0 Å². The summed E-state index contributed by atoms with van der Waals surface area (Å²) in [6.45, 7) is 0. The van der Waals surface area contributed by atoms with Crippen LogP contribution in [0.15, 0.2) is 24.3 Å². The van der Waals surface area contributed by atoms with E-state index in [1.54, 1.807) is 12.1 Å². The van der Waals surface area contributed by atoms with Gasteiger partial charge in [-0.1, -0.05) is 12.1 Å². The van der Waals surface area contributed by atoms with E-state index in [4.69, 9.17) is 0 Å². The molecule has 0 saturated heterocycles. The molecule has 0 atom stereocenters.